The molecule has 0 bridgehead atoms. The summed E-state index contributed by atoms with van der Waals surface area (Å²) < 4.78 is 1.41. The first-order valence-electron chi connectivity index (χ1n) is 7.49. The maximum absolute atomic E-state index is 12.4. The molecule has 5 heteroatoms. The lowest BCUT2D eigenvalue weighted by molar-refractivity contribution is 0.0688. The Labute approximate surface area is 119 Å². The fourth-order valence-electron chi connectivity index (χ4n) is 2.40. The SMILES string of the molecule is CCCCn1nc(C(=O)N2CCC(C)CC2)ccc1=O. The Bertz CT molecular complexity index is 516. The second kappa shape index (κ2) is 6.68. The summed E-state index contributed by atoms with van der Waals surface area (Å²) in [4.78, 5) is 25.9. The van der Waals surface area contributed by atoms with Crippen LogP contribution in [0.2, 0.25) is 0 Å². The Morgan fingerprint density at radius 3 is 2.70 bits per heavy atom. The number of aryl methyl sites for hydroxylation is 1. The summed E-state index contributed by atoms with van der Waals surface area (Å²) in [6.07, 6.45) is 3.98. The van der Waals surface area contributed by atoms with Gasteiger partial charge < -0.3 is 4.90 Å². The molecular weight excluding hydrogens is 254 g/mol. The maximum atomic E-state index is 12.4. The Morgan fingerprint density at radius 2 is 2.05 bits per heavy atom. The topological polar surface area (TPSA) is 55.2 Å². The molecule has 1 fully saturated rings. The van der Waals surface area contributed by atoms with Crippen LogP contribution < -0.4 is 5.56 Å². The van der Waals surface area contributed by atoms with E-state index in [1.165, 1.54) is 10.7 Å². The molecule has 0 saturated carbocycles. The van der Waals surface area contributed by atoms with Gasteiger partial charge in [-0.25, -0.2) is 4.68 Å². The number of aromatic nitrogens is 2. The summed E-state index contributed by atoms with van der Waals surface area (Å²) in [6, 6.07) is 2.99. The Kier molecular flexibility index (Phi) is 4.93. The normalized spacial score (nSPS) is 16.4. The van der Waals surface area contributed by atoms with Gasteiger partial charge in [0.15, 0.2) is 0 Å². The third-order valence-electron chi connectivity index (χ3n) is 3.88. The number of hydrogen-bond acceptors (Lipinski definition) is 3. The summed E-state index contributed by atoms with van der Waals surface area (Å²) in [7, 11) is 0. The van der Waals surface area contributed by atoms with Gasteiger partial charge in [0.25, 0.3) is 11.5 Å². The number of piperidine rings is 1. The second-order valence-corrected chi connectivity index (χ2v) is 5.61. The van der Waals surface area contributed by atoms with Crippen LogP contribution in [0.3, 0.4) is 0 Å². The molecule has 0 unspecified atom stereocenters. The van der Waals surface area contributed by atoms with Gasteiger partial charge in [0.1, 0.15) is 5.69 Å². The number of amides is 1. The van der Waals surface area contributed by atoms with Crippen molar-refractivity contribution in [2.24, 2.45) is 5.92 Å². The van der Waals surface area contributed by atoms with Crippen molar-refractivity contribution < 1.29 is 4.79 Å². The van der Waals surface area contributed by atoms with E-state index in [9.17, 15) is 9.59 Å². The van der Waals surface area contributed by atoms with Crippen LogP contribution in [0.5, 0.6) is 0 Å². The van der Waals surface area contributed by atoms with Gasteiger partial charge >= 0.3 is 0 Å². The number of carbonyl (C=O) groups excluding carboxylic acids is 1. The van der Waals surface area contributed by atoms with E-state index in [0.717, 1.165) is 38.8 Å². The highest BCUT2D eigenvalue weighted by Gasteiger charge is 2.22. The molecule has 0 atom stereocenters. The number of hydrogen-bond donors (Lipinski definition) is 0. The first kappa shape index (κ1) is 14.8. The standard InChI is InChI=1S/C15H23N3O2/c1-3-4-9-18-14(19)6-5-13(16-18)15(20)17-10-7-12(2)8-11-17/h5-6,12H,3-4,7-11H2,1-2H3. The fourth-order valence-corrected chi connectivity index (χ4v) is 2.40. The van der Waals surface area contributed by atoms with Crippen LogP contribution in [0.15, 0.2) is 16.9 Å². The summed E-state index contributed by atoms with van der Waals surface area (Å²) in [5.41, 5.74) is 0.248. The number of likely N-dealkylation sites (tertiary alicyclic amines) is 1. The van der Waals surface area contributed by atoms with Gasteiger partial charge in [0.05, 0.1) is 0 Å². The zero-order chi connectivity index (χ0) is 14.5. The minimum absolute atomic E-state index is 0.0536. The zero-order valence-corrected chi connectivity index (χ0v) is 12.3. The summed E-state index contributed by atoms with van der Waals surface area (Å²) >= 11 is 0. The minimum atomic E-state index is -0.137. The lowest BCUT2D eigenvalue weighted by atomic mass is 9.99. The number of rotatable bonds is 4. The molecule has 1 aromatic heterocycles. The second-order valence-electron chi connectivity index (χ2n) is 5.61. The van der Waals surface area contributed by atoms with Crippen LogP contribution >= 0.6 is 0 Å². The molecule has 5 nitrogen and oxygen atoms in total. The van der Waals surface area contributed by atoms with Crippen LogP contribution in [0.4, 0.5) is 0 Å². The third kappa shape index (κ3) is 3.46. The molecular formula is C15H23N3O2. The van der Waals surface area contributed by atoms with Crippen molar-refractivity contribution >= 4 is 5.91 Å². The monoisotopic (exact) mass is 277 g/mol. The number of nitrogens with zero attached hydrogens (tertiary/aromatic N) is 3. The first-order valence-corrected chi connectivity index (χ1v) is 7.49. The van der Waals surface area contributed by atoms with Crippen molar-refractivity contribution in [3.63, 3.8) is 0 Å². The molecule has 110 valence electrons. The van der Waals surface area contributed by atoms with E-state index in [4.69, 9.17) is 0 Å². The molecule has 2 rings (SSSR count). The Morgan fingerprint density at radius 1 is 1.35 bits per heavy atom. The lowest BCUT2D eigenvalue weighted by Crippen LogP contribution is -2.39. The van der Waals surface area contributed by atoms with Crippen molar-refractivity contribution in [1.82, 2.24) is 14.7 Å². The van der Waals surface area contributed by atoms with E-state index in [2.05, 4.69) is 18.9 Å². The van der Waals surface area contributed by atoms with E-state index in [0.29, 0.717) is 18.2 Å². The summed E-state index contributed by atoms with van der Waals surface area (Å²) in [5.74, 6) is 0.632. The molecule has 0 aromatic carbocycles. The van der Waals surface area contributed by atoms with E-state index >= 15 is 0 Å². The molecule has 2 heterocycles. The minimum Gasteiger partial charge on any atom is -0.337 e. The van der Waals surface area contributed by atoms with E-state index in [1.54, 1.807) is 6.07 Å². The smallest absolute Gasteiger partial charge is 0.274 e. The molecule has 1 saturated heterocycles. The zero-order valence-electron chi connectivity index (χ0n) is 12.3. The molecule has 0 N–H and O–H groups in total. The highest BCUT2D eigenvalue weighted by atomic mass is 16.2. The molecule has 1 aromatic rings. The first-order chi connectivity index (χ1) is 9.61. The highest BCUT2D eigenvalue weighted by Crippen LogP contribution is 2.17. The van der Waals surface area contributed by atoms with Crippen LogP contribution in [0.25, 0.3) is 0 Å². The van der Waals surface area contributed by atoms with Crippen LogP contribution in [0.1, 0.15) is 50.0 Å². The van der Waals surface area contributed by atoms with Gasteiger partial charge in [0.2, 0.25) is 0 Å². The number of unbranched alkanes of at least 4 members (excludes halogenated alkanes) is 1. The Balaban J connectivity index is 2.11. The molecule has 1 aliphatic heterocycles. The van der Waals surface area contributed by atoms with Crippen LogP contribution in [-0.4, -0.2) is 33.7 Å². The van der Waals surface area contributed by atoms with Gasteiger partial charge in [-0.05, 0) is 31.2 Å². The number of carbonyl (C=O) groups is 1. The van der Waals surface area contributed by atoms with Crippen molar-refractivity contribution in [2.45, 2.75) is 46.1 Å². The summed E-state index contributed by atoms with van der Waals surface area (Å²) in [6.45, 7) is 6.43. The third-order valence-corrected chi connectivity index (χ3v) is 3.88. The van der Waals surface area contributed by atoms with Gasteiger partial charge in [-0.3, -0.25) is 9.59 Å². The van der Waals surface area contributed by atoms with Crippen molar-refractivity contribution in [3.8, 4) is 0 Å². The van der Waals surface area contributed by atoms with Gasteiger partial charge in [-0.2, -0.15) is 5.10 Å². The summed E-state index contributed by atoms with van der Waals surface area (Å²) in [5, 5.41) is 4.22. The molecule has 0 radical (unpaired) electrons. The predicted molar refractivity (Wildman–Crippen MR) is 77.7 cm³/mol. The van der Waals surface area contributed by atoms with E-state index in [-0.39, 0.29) is 11.5 Å². The van der Waals surface area contributed by atoms with Gasteiger partial charge in [0, 0.05) is 25.7 Å². The largest absolute Gasteiger partial charge is 0.337 e. The van der Waals surface area contributed by atoms with E-state index < -0.39 is 0 Å². The van der Waals surface area contributed by atoms with Crippen molar-refractivity contribution in [3.05, 3.63) is 28.2 Å². The van der Waals surface area contributed by atoms with Gasteiger partial charge in [-0.15, -0.1) is 0 Å². The van der Waals surface area contributed by atoms with Crippen molar-refractivity contribution in [2.75, 3.05) is 13.1 Å². The molecule has 0 aliphatic carbocycles. The Hall–Kier alpha value is -1.65. The molecule has 20 heavy (non-hydrogen) atoms. The van der Waals surface area contributed by atoms with Gasteiger partial charge in [-0.1, -0.05) is 20.3 Å². The quantitative estimate of drug-likeness (QED) is 0.845. The molecule has 1 aliphatic rings. The van der Waals surface area contributed by atoms with E-state index in [1.807, 2.05) is 4.90 Å². The predicted octanol–water partition coefficient (Wildman–Crippen LogP) is 1.92. The average Bonchev–Trinajstić information content (AvgIpc) is 2.46. The fraction of sp³-hybridized carbons (Fsp3) is 0.667. The lowest BCUT2D eigenvalue weighted by Gasteiger charge is -2.30. The highest BCUT2D eigenvalue weighted by molar-refractivity contribution is 5.92. The van der Waals surface area contributed by atoms with Crippen LogP contribution in [0, 0.1) is 5.92 Å². The molecule has 0 spiro atoms. The maximum Gasteiger partial charge on any atom is 0.274 e. The average molecular weight is 277 g/mol. The van der Waals surface area contributed by atoms with Crippen LogP contribution in [-0.2, 0) is 6.54 Å². The van der Waals surface area contributed by atoms with Crippen molar-refractivity contribution in [1.29, 1.82) is 0 Å². The molecule has 1 amide bonds.